The van der Waals surface area contributed by atoms with Crippen molar-refractivity contribution >= 4 is 11.6 Å². The highest BCUT2D eigenvalue weighted by molar-refractivity contribution is 6.18. The number of ether oxygens (including phenoxy) is 1. The van der Waals surface area contributed by atoms with Gasteiger partial charge in [0.15, 0.2) is 0 Å². The van der Waals surface area contributed by atoms with Crippen molar-refractivity contribution in [2.24, 2.45) is 5.92 Å². The van der Waals surface area contributed by atoms with Crippen LogP contribution in [0, 0.1) is 5.92 Å². The monoisotopic (exact) mass is 218 g/mol. The highest BCUT2D eigenvalue weighted by atomic mass is 35.5. The van der Waals surface area contributed by atoms with E-state index in [2.05, 4.69) is 27.4 Å². The predicted octanol–water partition coefficient (Wildman–Crippen LogP) is 4.01. The Labute approximate surface area is 93.5 Å². The summed E-state index contributed by atoms with van der Waals surface area (Å²) in [5, 5.41) is 0. The topological polar surface area (TPSA) is 9.23 Å². The average molecular weight is 219 g/mol. The molecule has 0 bridgehead atoms. The second-order valence-electron chi connectivity index (χ2n) is 4.61. The van der Waals surface area contributed by atoms with Crippen LogP contribution in [0.2, 0.25) is 0 Å². The second-order valence-corrected chi connectivity index (χ2v) is 4.92. The molecule has 0 saturated carbocycles. The van der Waals surface area contributed by atoms with Crippen LogP contribution in [0.1, 0.15) is 40.0 Å². The zero-order valence-corrected chi connectivity index (χ0v) is 10.4. The molecule has 0 aromatic heterocycles. The van der Waals surface area contributed by atoms with Crippen molar-refractivity contribution in [3.8, 4) is 0 Å². The van der Waals surface area contributed by atoms with Crippen LogP contribution in [0.4, 0.5) is 0 Å². The molecule has 1 nitrogen and oxygen atoms in total. The van der Waals surface area contributed by atoms with Gasteiger partial charge >= 0.3 is 0 Å². The fourth-order valence-electron chi connectivity index (χ4n) is 1.14. The minimum Gasteiger partial charge on any atom is -0.376 e. The molecule has 84 valence electrons. The van der Waals surface area contributed by atoms with Gasteiger partial charge < -0.3 is 4.74 Å². The van der Waals surface area contributed by atoms with Gasteiger partial charge in [0.05, 0.1) is 5.60 Å². The molecule has 14 heavy (non-hydrogen) atoms. The molecule has 0 heterocycles. The summed E-state index contributed by atoms with van der Waals surface area (Å²) in [5.41, 5.74) is -0.00960. The lowest BCUT2D eigenvalue weighted by atomic mass is 10.0. The lowest BCUT2D eigenvalue weighted by Gasteiger charge is -2.19. The fraction of sp³-hybridized carbons (Fsp3) is 0.833. The van der Waals surface area contributed by atoms with Crippen molar-refractivity contribution < 1.29 is 4.74 Å². The van der Waals surface area contributed by atoms with E-state index in [-0.39, 0.29) is 5.60 Å². The van der Waals surface area contributed by atoms with E-state index < -0.39 is 0 Å². The second kappa shape index (κ2) is 7.30. The van der Waals surface area contributed by atoms with Gasteiger partial charge in [-0.3, -0.25) is 0 Å². The maximum Gasteiger partial charge on any atom is 0.0598 e. The van der Waals surface area contributed by atoms with Gasteiger partial charge in [-0.15, -0.1) is 18.2 Å². The van der Waals surface area contributed by atoms with Crippen LogP contribution in [0.5, 0.6) is 0 Å². The first-order valence-corrected chi connectivity index (χ1v) is 5.85. The van der Waals surface area contributed by atoms with E-state index in [1.165, 1.54) is 6.42 Å². The number of hydrogen-bond donors (Lipinski definition) is 0. The van der Waals surface area contributed by atoms with E-state index in [0.717, 1.165) is 19.4 Å². The third kappa shape index (κ3) is 8.58. The lowest BCUT2D eigenvalue weighted by Crippen LogP contribution is -2.19. The van der Waals surface area contributed by atoms with Gasteiger partial charge in [-0.25, -0.2) is 0 Å². The van der Waals surface area contributed by atoms with Crippen LogP contribution in [-0.2, 0) is 4.74 Å². The van der Waals surface area contributed by atoms with Crippen molar-refractivity contribution in [2.45, 2.75) is 45.6 Å². The maximum absolute atomic E-state index is 5.75. The van der Waals surface area contributed by atoms with Gasteiger partial charge in [0, 0.05) is 12.5 Å². The molecule has 0 aliphatic carbocycles. The zero-order valence-electron chi connectivity index (χ0n) is 9.68. The van der Waals surface area contributed by atoms with Crippen molar-refractivity contribution in [3.05, 3.63) is 12.7 Å². The average Bonchev–Trinajstić information content (AvgIpc) is 2.09. The molecule has 0 rings (SSSR count). The van der Waals surface area contributed by atoms with Gasteiger partial charge in [0.25, 0.3) is 0 Å². The number of halogens is 1. The molecular formula is C12H23ClO. The summed E-state index contributed by atoms with van der Waals surface area (Å²) in [6.45, 7) is 10.8. The first-order chi connectivity index (χ1) is 6.49. The summed E-state index contributed by atoms with van der Waals surface area (Å²) < 4.78 is 5.62. The number of allylic oxidation sites excluding steroid dienone is 1. The Balaban J connectivity index is 3.33. The van der Waals surface area contributed by atoms with Crippen LogP contribution < -0.4 is 0 Å². The van der Waals surface area contributed by atoms with Crippen molar-refractivity contribution in [1.82, 2.24) is 0 Å². The van der Waals surface area contributed by atoms with E-state index in [4.69, 9.17) is 16.3 Å². The molecule has 2 heteroatoms. The van der Waals surface area contributed by atoms with E-state index in [0.29, 0.717) is 11.8 Å². The van der Waals surface area contributed by atoms with E-state index in [1.54, 1.807) is 0 Å². The third-order valence-corrected chi connectivity index (χ3v) is 2.43. The Bertz CT molecular complexity index is 149. The smallest absolute Gasteiger partial charge is 0.0598 e. The Hall–Kier alpha value is -0.0100. The molecule has 0 radical (unpaired) electrons. The molecule has 1 atom stereocenters. The summed E-state index contributed by atoms with van der Waals surface area (Å²) in [4.78, 5) is 0. The Morgan fingerprint density at radius 2 is 2.00 bits per heavy atom. The Morgan fingerprint density at radius 1 is 1.36 bits per heavy atom. The Kier molecular flexibility index (Phi) is 7.30. The van der Waals surface area contributed by atoms with Gasteiger partial charge in [-0.05, 0) is 39.5 Å². The first kappa shape index (κ1) is 14.0. The van der Waals surface area contributed by atoms with Crippen molar-refractivity contribution in [3.63, 3.8) is 0 Å². The van der Waals surface area contributed by atoms with Crippen LogP contribution in [0.15, 0.2) is 12.7 Å². The molecule has 0 unspecified atom stereocenters. The minimum atomic E-state index is -0.00960. The molecule has 0 saturated heterocycles. The summed E-state index contributed by atoms with van der Waals surface area (Å²) in [6.07, 6.45) is 5.34. The lowest BCUT2D eigenvalue weighted by molar-refractivity contribution is -0.00486. The quantitative estimate of drug-likeness (QED) is 0.357. The summed E-state index contributed by atoms with van der Waals surface area (Å²) >= 11 is 5.75. The largest absolute Gasteiger partial charge is 0.376 e. The number of alkyl halides is 1. The molecule has 0 aliphatic heterocycles. The van der Waals surface area contributed by atoms with Crippen LogP contribution >= 0.6 is 11.6 Å². The minimum absolute atomic E-state index is 0.00960. The van der Waals surface area contributed by atoms with Crippen molar-refractivity contribution in [2.75, 3.05) is 12.5 Å². The Morgan fingerprint density at radius 3 is 2.43 bits per heavy atom. The normalized spacial score (nSPS) is 14.0. The fourth-order valence-corrected chi connectivity index (χ4v) is 1.43. The third-order valence-electron chi connectivity index (χ3n) is 2.04. The van der Waals surface area contributed by atoms with Gasteiger partial charge in [0.2, 0.25) is 0 Å². The molecule has 0 aliphatic rings. The SMILES string of the molecule is C=C[C@H](CCl)CCCCOC(C)(C)C. The van der Waals surface area contributed by atoms with Gasteiger partial charge in [0.1, 0.15) is 0 Å². The summed E-state index contributed by atoms with van der Waals surface area (Å²) in [7, 11) is 0. The first-order valence-electron chi connectivity index (χ1n) is 5.32. The molecule has 0 aromatic carbocycles. The molecule has 0 amide bonds. The van der Waals surface area contributed by atoms with Gasteiger partial charge in [-0.2, -0.15) is 0 Å². The maximum atomic E-state index is 5.75. The molecule has 0 N–H and O–H groups in total. The van der Waals surface area contributed by atoms with Crippen LogP contribution in [0.3, 0.4) is 0 Å². The molecule has 0 spiro atoms. The number of hydrogen-bond acceptors (Lipinski definition) is 1. The molecule has 0 fully saturated rings. The highest BCUT2D eigenvalue weighted by Crippen LogP contribution is 2.13. The predicted molar refractivity (Wildman–Crippen MR) is 64.0 cm³/mol. The van der Waals surface area contributed by atoms with E-state index in [1.807, 2.05) is 6.08 Å². The number of rotatable bonds is 7. The summed E-state index contributed by atoms with van der Waals surface area (Å²) in [6, 6.07) is 0. The van der Waals surface area contributed by atoms with Crippen LogP contribution in [0.25, 0.3) is 0 Å². The zero-order chi connectivity index (χ0) is 11.0. The van der Waals surface area contributed by atoms with Crippen molar-refractivity contribution in [1.29, 1.82) is 0 Å². The summed E-state index contributed by atoms with van der Waals surface area (Å²) in [5.74, 6) is 1.15. The van der Waals surface area contributed by atoms with Crippen LogP contribution in [-0.4, -0.2) is 18.1 Å². The molecule has 0 aromatic rings. The standard InChI is InChI=1S/C12H23ClO/c1-5-11(10-13)8-6-7-9-14-12(2,3)4/h5,11H,1,6-10H2,2-4H3/t11-/m0/s1. The van der Waals surface area contributed by atoms with E-state index in [9.17, 15) is 0 Å². The molecular weight excluding hydrogens is 196 g/mol. The highest BCUT2D eigenvalue weighted by Gasteiger charge is 2.09. The number of unbranched alkanes of at least 4 members (excludes halogenated alkanes) is 1. The van der Waals surface area contributed by atoms with Gasteiger partial charge in [-0.1, -0.05) is 12.5 Å². The van der Waals surface area contributed by atoms with E-state index >= 15 is 0 Å².